The smallest absolute Gasteiger partial charge is 0.126 e. The summed E-state index contributed by atoms with van der Waals surface area (Å²) in [6, 6.07) is 7.69. The molecule has 0 spiro atoms. The Kier molecular flexibility index (Phi) is 3.76. The van der Waals surface area contributed by atoms with Crippen LogP contribution in [0.25, 0.3) is 0 Å². The van der Waals surface area contributed by atoms with E-state index in [4.69, 9.17) is 4.74 Å². The fraction of sp³-hybridized carbons (Fsp3) is 0.667. The van der Waals surface area contributed by atoms with Crippen molar-refractivity contribution in [1.82, 2.24) is 5.32 Å². The van der Waals surface area contributed by atoms with Gasteiger partial charge in [0.05, 0.1) is 6.61 Å². The normalized spacial score (nSPS) is 28.6. The second-order valence-electron chi connectivity index (χ2n) is 7.31. The van der Waals surface area contributed by atoms with Crippen LogP contribution in [0, 0.1) is 12.3 Å². The van der Waals surface area contributed by atoms with Crippen molar-refractivity contribution in [3.8, 4) is 5.75 Å². The SMILES string of the molecule is Cc1cccc2c1OCCCC2NC1CCC(C)(C)C1. The summed E-state index contributed by atoms with van der Waals surface area (Å²) < 4.78 is 5.97. The Hall–Kier alpha value is -1.02. The number of nitrogens with one attached hydrogen (secondary N) is 1. The molecule has 110 valence electrons. The topological polar surface area (TPSA) is 21.3 Å². The molecule has 20 heavy (non-hydrogen) atoms. The second kappa shape index (κ2) is 5.40. The third-order valence-corrected chi connectivity index (χ3v) is 4.91. The summed E-state index contributed by atoms with van der Waals surface area (Å²) in [4.78, 5) is 0. The molecule has 1 N–H and O–H groups in total. The zero-order valence-electron chi connectivity index (χ0n) is 13.0. The highest BCUT2D eigenvalue weighted by atomic mass is 16.5. The number of fused-ring (bicyclic) bond motifs is 1. The summed E-state index contributed by atoms with van der Waals surface area (Å²) in [5.41, 5.74) is 3.14. The molecule has 2 atom stereocenters. The molecule has 1 saturated carbocycles. The van der Waals surface area contributed by atoms with Gasteiger partial charge < -0.3 is 10.1 Å². The third-order valence-electron chi connectivity index (χ3n) is 4.91. The second-order valence-corrected chi connectivity index (χ2v) is 7.31. The molecular formula is C18H27NO. The van der Waals surface area contributed by atoms with Gasteiger partial charge in [0.25, 0.3) is 0 Å². The summed E-state index contributed by atoms with van der Waals surface area (Å²) in [5.74, 6) is 1.12. The summed E-state index contributed by atoms with van der Waals surface area (Å²) >= 11 is 0. The Balaban J connectivity index is 1.79. The van der Waals surface area contributed by atoms with E-state index in [1.165, 1.54) is 36.8 Å². The molecule has 2 unspecified atom stereocenters. The van der Waals surface area contributed by atoms with Crippen LogP contribution in [-0.4, -0.2) is 12.6 Å². The minimum Gasteiger partial charge on any atom is -0.493 e. The summed E-state index contributed by atoms with van der Waals surface area (Å²) in [5, 5.41) is 3.92. The van der Waals surface area contributed by atoms with Crippen molar-refractivity contribution in [3.05, 3.63) is 29.3 Å². The molecule has 0 radical (unpaired) electrons. The van der Waals surface area contributed by atoms with Crippen molar-refractivity contribution in [2.75, 3.05) is 6.61 Å². The summed E-state index contributed by atoms with van der Waals surface area (Å²) in [6.07, 6.45) is 6.28. The van der Waals surface area contributed by atoms with Gasteiger partial charge >= 0.3 is 0 Å². The van der Waals surface area contributed by atoms with E-state index < -0.39 is 0 Å². The van der Waals surface area contributed by atoms with Gasteiger partial charge in [0.1, 0.15) is 5.75 Å². The fourth-order valence-corrected chi connectivity index (χ4v) is 3.80. The fourth-order valence-electron chi connectivity index (χ4n) is 3.80. The average Bonchev–Trinajstić information content (AvgIpc) is 2.61. The van der Waals surface area contributed by atoms with Gasteiger partial charge in [-0.3, -0.25) is 0 Å². The minimum absolute atomic E-state index is 0.464. The number of hydrogen-bond acceptors (Lipinski definition) is 2. The lowest BCUT2D eigenvalue weighted by molar-refractivity contribution is 0.311. The van der Waals surface area contributed by atoms with Crippen molar-refractivity contribution in [3.63, 3.8) is 0 Å². The number of para-hydroxylation sites is 1. The molecular weight excluding hydrogens is 246 g/mol. The van der Waals surface area contributed by atoms with Crippen molar-refractivity contribution in [1.29, 1.82) is 0 Å². The summed E-state index contributed by atoms with van der Waals surface area (Å²) in [7, 11) is 0. The zero-order chi connectivity index (χ0) is 14.2. The first-order valence-electron chi connectivity index (χ1n) is 8.03. The van der Waals surface area contributed by atoms with Gasteiger partial charge in [-0.2, -0.15) is 0 Å². The standard InChI is InChI=1S/C18H27NO/c1-13-6-4-7-15-16(8-5-11-20-17(13)15)19-14-9-10-18(2,3)12-14/h4,6-7,14,16,19H,5,8-12H2,1-3H3. The van der Waals surface area contributed by atoms with Crippen molar-refractivity contribution >= 4 is 0 Å². The highest BCUT2D eigenvalue weighted by molar-refractivity contribution is 5.43. The van der Waals surface area contributed by atoms with Crippen LogP contribution in [0.3, 0.4) is 0 Å². The Bertz CT molecular complexity index is 480. The van der Waals surface area contributed by atoms with E-state index in [0.717, 1.165) is 18.8 Å². The molecule has 1 aromatic rings. The minimum atomic E-state index is 0.464. The quantitative estimate of drug-likeness (QED) is 0.863. The predicted molar refractivity (Wildman–Crippen MR) is 83.2 cm³/mol. The molecule has 1 fully saturated rings. The molecule has 2 heteroatoms. The maximum Gasteiger partial charge on any atom is 0.126 e. The Morgan fingerprint density at radius 1 is 1.25 bits per heavy atom. The number of rotatable bonds is 2. The van der Waals surface area contributed by atoms with Crippen LogP contribution < -0.4 is 10.1 Å². The van der Waals surface area contributed by atoms with Crippen LogP contribution in [-0.2, 0) is 0 Å². The van der Waals surface area contributed by atoms with E-state index in [1.807, 2.05) is 0 Å². The Morgan fingerprint density at radius 3 is 2.85 bits per heavy atom. The van der Waals surface area contributed by atoms with Gasteiger partial charge in [-0.15, -0.1) is 0 Å². The van der Waals surface area contributed by atoms with Gasteiger partial charge in [0, 0.05) is 17.6 Å². The van der Waals surface area contributed by atoms with E-state index >= 15 is 0 Å². The van der Waals surface area contributed by atoms with Gasteiger partial charge in [0.15, 0.2) is 0 Å². The van der Waals surface area contributed by atoms with Crippen molar-refractivity contribution in [2.45, 2.75) is 65.0 Å². The molecule has 0 bridgehead atoms. The average molecular weight is 273 g/mol. The molecule has 0 amide bonds. The lowest BCUT2D eigenvalue weighted by atomic mass is 9.91. The van der Waals surface area contributed by atoms with Gasteiger partial charge in [-0.1, -0.05) is 32.0 Å². The molecule has 1 aromatic carbocycles. The summed E-state index contributed by atoms with van der Waals surface area (Å²) in [6.45, 7) is 7.79. The maximum absolute atomic E-state index is 5.97. The lowest BCUT2D eigenvalue weighted by Crippen LogP contribution is -2.31. The van der Waals surface area contributed by atoms with Crippen LogP contribution in [0.4, 0.5) is 0 Å². The number of benzene rings is 1. The molecule has 1 aliphatic heterocycles. The van der Waals surface area contributed by atoms with Crippen LogP contribution in [0.5, 0.6) is 5.75 Å². The molecule has 2 nitrogen and oxygen atoms in total. The van der Waals surface area contributed by atoms with E-state index in [2.05, 4.69) is 44.3 Å². The van der Waals surface area contributed by atoms with E-state index in [-0.39, 0.29) is 0 Å². The Morgan fingerprint density at radius 2 is 2.10 bits per heavy atom. The van der Waals surface area contributed by atoms with Crippen LogP contribution in [0.15, 0.2) is 18.2 Å². The van der Waals surface area contributed by atoms with Crippen molar-refractivity contribution in [2.24, 2.45) is 5.41 Å². The van der Waals surface area contributed by atoms with Crippen LogP contribution in [0.2, 0.25) is 0 Å². The maximum atomic E-state index is 5.97. The highest BCUT2D eigenvalue weighted by Gasteiger charge is 2.33. The molecule has 1 aliphatic carbocycles. The van der Waals surface area contributed by atoms with Crippen molar-refractivity contribution < 1.29 is 4.74 Å². The molecule has 0 aromatic heterocycles. The number of ether oxygens (including phenoxy) is 1. The number of hydrogen-bond donors (Lipinski definition) is 1. The number of aryl methyl sites for hydroxylation is 1. The molecule has 1 heterocycles. The first-order valence-corrected chi connectivity index (χ1v) is 8.03. The molecule has 2 aliphatic rings. The monoisotopic (exact) mass is 273 g/mol. The highest BCUT2D eigenvalue weighted by Crippen LogP contribution is 2.40. The first-order chi connectivity index (χ1) is 9.55. The van der Waals surface area contributed by atoms with E-state index in [1.54, 1.807) is 0 Å². The zero-order valence-corrected chi connectivity index (χ0v) is 13.0. The Labute approximate surface area is 122 Å². The largest absolute Gasteiger partial charge is 0.493 e. The third kappa shape index (κ3) is 2.85. The van der Waals surface area contributed by atoms with E-state index in [9.17, 15) is 0 Å². The van der Waals surface area contributed by atoms with Gasteiger partial charge in [-0.25, -0.2) is 0 Å². The molecule has 3 rings (SSSR count). The van der Waals surface area contributed by atoms with Gasteiger partial charge in [0.2, 0.25) is 0 Å². The lowest BCUT2D eigenvalue weighted by Gasteiger charge is -2.24. The predicted octanol–water partition coefficient (Wildman–Crippen LogP) is 4.38. The van der Waals surface area contributed by atoms with E-state index in [0.29, 0.717) is 17.5 Å². The van der Waals surface area contributed by atoms with Crippen LogP contribution >= 0.6 is 0 Å². The van der Waals surface area contributed by atoms with Crippen LogP contribution in [0.1, 0.15) is 63.1 Å². The first kappa shape index (κ1) is 13.9. The molecule has 0 saturated heterocycles. The van der Waals surface area contributed by atoms with Gasteiger partial charge in [-0.05, 0) is 50.0 Å².